The summed E-state index contributed by atoms with van der Waals surface area (Å²) >= 11 is 0. The van der Waals surface area contributed by atoms with Crippen molar-refractivity contribution in [3.63, 3.8) is 0 Å². The molecule has 2 heterocycles. The zero-order valence-corrected chi connectivity index (χ0v) is 17.4. The summed E-state index contributed by atoms with van der Waals surface area (Å²) in [7, 11) is 1.60. The summed E-state index contributed by atoms with van der Waals surface area (Å²) < 4.78 is 4.96. The van der Waals surface area contributed by atoms with Gasteiger partial charge in [0.25, 0.3) is 5.91 Å². The number of benzene rings is 2. The molecule has 0 aliphatic rings. The van der Waals surface area contributed by atoms with Crippen LogP contribution in [0.2, 0.25) is 0 Å². The lowest BCUT2D eigenvalue weighted by atomic mass is 10.2. The molecule has 0 bridgehead atoms. The molecule has 2 aromatic heterocycles. The molecule has 0 fully saturated rings. The first-order valence-corrected chi connectivity index (χ1v) is 9.94. The number of H-pyrrole nitrogens is 1. The van der Waals surface area contributed by atoms with Gasteiger partial charge in [-0.2, -0.15) is 4.98 Å². The van der Waals surface area contributed by atoms with Crippen LogP contribution in [0.3, 0.4) is 0 Å². The maximum absolute atomic E-state index is 12.2. The summed E-state index contributed by atoms with van der Waals surface area (Å²) in [6, 6.07) is 17.2. The van der Waals surface area contributed by atoms with Crippen molar-refractivity contribution in [3.8, 4) is 0 Å². The first-order valence-electron chi connectivity index (χ1n) is 9.94. The fourth-order valence-corrected chi connectivity index (χ4v) is 3.23. The second-order valence-corrected chi connectivity index (χ2v) is 7.10. The van der Waals surface area contributed by atoms with E-state index in [1.807, 2.05) is 31.2 Å². The Hall–Kier alpha value is -3.91. The number of carbonyl (C=O) groups excluding carboxylic acids is 1. The van der Waals surface area contributed by atoms with Gasteiger partial charge in [-0.1, -0.05) is 6.07 Å². The van der Waals surface area contributed by atoms with E-state index in [0.29, 0.717) is 30.5 Å². The van der Waals surface area contributed by atoms with Crippen molar-refractivity contribution in [1.29, 1.82) is 0 Å². The minimum Gasteiger partial charge on any atom is -0.383 e. The summed E-state index contributed by atoms with van der Waals surface area (Å²) in [5, 5.41) is 10.4. The van der Waals surface area contributed by atoms with Crippen molar-refractivity contribution in [1.82, 2.24) is 20.3 Å². The predicted octanol–water partition coefficient (Wildman–Crippen LogP) is 4.13. The molecule has 0 aliphatic carbocycles. The monoisotopic (exact) mass is 416 g/mol. The Morgan fingerprint density at radius 1 is 1.06 bits per heavy atom. The molecular weight excluding hydrogens is 392 g/mol. The molecule has 4 rings (SSSR count). The minimum absolute atomic E-state index is 0.160. The van der Waals surface area contributed by atoms with Gasteiger partial charge in [-0.25, -0.2) is 4.98 Å². The number of aryl methyl sites for hydroxylation is 1. The van der Waals surface area contributed by atoms with Crippen LogP contribution in [0.1, 0.15) is 16.1 Å². The molecule has 0 saturated carbocycles. The fourth-order valence-electron chi connectivity index (χ4n) is 3.23. The maximum Gasteiger partial charge on any atom is 0.251 e. The minimum atomic E-state index is -0.160. The number of anilines is 4. The van der Waals surface area contributed by atoms with Crippen molar-refractivity contribution >= 4 is 40.0 Å². The van der Waals surface area contributed by atoms with Gasteiger partial charge in [0.2, 0.25) is 5.95 Å². The molecule has 158 valence electrons. The average molecular weight is 416 g/mol. The van der Waals surface area contributed by atoms with Crippen molar-refractivity contribution in [2.45, 2.75) is 6.92 Å². The number of rotatable bonds is 8. The molecule has 1 amide bonds. The highest BCUT2D eigenvalue weighted by atomic mass is 16.5. The second-order valence-electron chi connectivity index (χ2n) is 7.10. The molecule has 0 radical (unpaired) electrons. The number of fused-ring (bicyclic) bond motifs is 1. The van der Waals surface area contributed by atoms with Gasteiger partial charge in [-0.05, 0) is 55.5 Å². The highest BCUT2D eigenvalue weighted by Gasteiger charge is 2.07. The standard InChI is InChI=1S/C23H24N6O2/c1-15-12-17-14-19(6-7-20(17)26-15)27-21-8-9-25-23(29-21)28-18-5-3-4-16(13-18)22(30)24-10-11-31-2/h3-9,12-14,26H,10-11H2,1-2H3,(H,24,30)(H2,25,27,28,29). The first-order chi connectivity index (χ1) is 15.1. The van der Waals surface area contributed by atoms with Gasteiger partial charge >= 0.3 is 0 Å². The highest BCUT2D eigenvalue weighted by molar-refractivity contribution is 5.95. The van der Waals surface area contributed by atoms with Gasteiger partial charge in [0, 0.05) is 53.4 Å². The number of methoxy groups -OCH3 is 1. The smallest absolute Gasteiger partial charge is 0.251 e. The number of nitrogens with zero attached hydrogens (tertiary/aromatic N) is 2. The number of hydrogen-bond donors (Lipinski definition) is 4. The van der Waals surface area contributed by atoms with E-state index in [-0.39, 0.29) is 5.91 Å². The quantitative estimate of drug-likeness (QED) is 0.322. The molecule has 4 aromatic rings. The third-order valence-corrected chi connectivity index (χ3v) is 4.66. The molecule has 0 saturated heterocycles. The molecule has 31 heavy (non-hydrogen) atoms. The highest BCUT2D eigenvalue weighted by Crippen LogP contribution is 2.23. The van der Waals surface area contributed by atoms with Gasteiger partial charge in [0.1, 0.15) is 5.82 Å². The van der Waals surface area contributed by atoms with Crippen LogP contribution in [0.15, 0.2) is 60.8 Å². The number of amides is 1. The molecular formula is C23H24N6O2. The molecule has 8 nitrogen and oxygen atoms in total. The topological polar surface area (TPSA) is 104 Å². The Morgan fingerprint density at radius 3 is 2.81 bits per heavy atom. The number of aromatic nitrogens is 3. The van der Waals surface area contributed by atoms with E-state index in [9.17, 15) is 4.79 Å². The zero-order valence-electron chi connectivity index (χ0n) is 17.4. The normalized spacial score (nSPS) is 10.8. The van der Waals surface area contributed by atoms with Crippen LogP contribution in [0.25, 0.3) is 10.9 Å². The lowest BCUT2D eigenvalue weighted by molar-refractivity contribution is 0.0937. The van der Waals surface area contributed by atoms with E-state index >= 15 is 0 Å². The number of aromatic amines is 1. The summed E-state index contributed by atoms with van der Waals surface area (Å²) in [6.07, 6.45) is 1.68. The second kappa shape index (κ2) is 9.27. The Kier molecular flexibility index (Phi) is 6.09. The molecule has 8 heteroatoms. The van der Waals surface area contributed by atoms with E-state index in [1.165, 1.54) is 0 Å². The van der Waals surface area contributed by atoms with Crippen LogP contribution in [0.5, 0.6) is 0 Å². The molecule has 0 unspecified atom stereocenters. The van der Waals surface area contributed by atoms with E-state index in [0.717, 1.165) is 28.0 Å². The molecule has 0 spiro atoms. The van der Waals surface area contributed by atoms with Crippen molar-refractivity contribution in [2.75, 3.05) is 30.9 Å². The summed E-state index contributed by atoms with van der Waals surface area (Å²) in [6.45, 7) is 2.96. The first kappa shape index (κ1) is 20.4. The van der Waals surface area contributed by atoms with Crippen LogP contribution >= 0.6 is 0 Å². The average Bonchev–Trinajstić information content (AvgIpc) is 3.13. The van der Waals surface area contributed by atoms with Gasteiger partial charge < -0.3 is 25.7 Å². The van der Waals surface area contributed by atoms with Gasteiger partial charge in [-0.15, -0.1) is 0 Å². The third kappa shape index (κ3) is 5.18. The summed E-state index contributed by atoms with van der Waals surface area (Å²) in [5.41, 5.74) is 4.42. The molecule has 4 N–H and O–H groups in total. The number of nitrogens with one attached hydrogen (secondary N) is 4. The van der Waals surface area contributed by atoms with E-state index in [1.54, 1.807) is 31.5 Å². The van der Waals surface area contributed by atoms with Crippen LogP contribution in [0, 0.1) is 6.92 Å². The molecule has 2 aromatic carbocycles. The fraction of sp³-hybridized carbons (Fsp3) is 0.174. The van der Waals surface area contributed by atoms with Crippen LogP contribution in [-0.4, -0.2) is 41.1 Å². The Balaban J connectivity index is 1.45. The molecule has 0 atom stereocenters. The summed E-state index contributed by atoms with van der Waals surface area (Å²) in [5.74, 6) is 0.936. The zero-order chi connectivity index (χ0) is 21.6. The third-order valence-electron chi connectivity index (χ3n) is 4.66. The lowest BCUT2D eigenvalue weighted by Gasteiger charge is -2.10. The van der Waals surface area contributed by atoms with Gasteiger partial charge in [0.15, 0.2) is 0 Å². The molecule has 0 aliphatic heterocycles. The number of carbonyl (C=O) groups is 1. The number of ether oxygens (including phenoxy) is 1. The van der Waals surface area contributed by atoms with Crippen LogP contribution < -0.4 is 16.0 Å². The predicted molar refractivity (Wildman–Crippen MR) is 122 cm³/mol. The van der Waals surface area contributed by atoms with E-state index in [2.05, 4.69) is 43.0 Å². The van der Waals surface area contributed by atoms with Crippen LogP contribution in [0.4, 0.5) is 23.1 Å². The number of hydrogen-bond acceptors (Lipinski definition) is 6. The van der Waals surface area contributed by atoms with Crippen molar-refractivity contribution in [2.24, 2.45) is 0 Å². The van der Waals surface area contributed by atoms with E-state index < -0.39 is 0 Å². The largest absolute Gasteiger partial charge is 0.383 e. The van der Waals surface area contributed by atoms with Crippen molar-refractivity contribution in [3.05, 3.63) is 72.1 Å². The van der Waals surface area contributed by atoms with Gasteiger partial charge in [-0.3, -0.25) is 4.79 Å². The Bertz CT molecular complexity index is 1200. The lowest BCUT2D eigenvalue weighted by Crippen LogP contribution is -2.26. The van der Waals surface area contributed by atoms with Crippen molar-refractivity contribution < 1.29 is 9.53 Å². The van der Waals surface area contributed by atoms with E-state index in [4.69, 9.17) is 4.74 Å². The Labute approximate surface area is 180 Å². The van der Waals surface area contributed by atoms with Crippen LogP contribution in [-0.2, 0) is 4.74 Å². The van der Waals surface area contributed by atoms with Gasteiger partial charge in [0.05, 0.1) is 6.61 Å². The SMILES string of the molecule is COCCNC(=O)c1cccc(Nc2nccc(Nc3ccc4[nH]c(C)cc4c3)n2)c1. The maximum atomic E-state index is 12.2. The summed E-state index contributed by atoms with van der Waals surface area (Å²) in [4.78, 5) is 24.4. The Morgan fingerprint density at radius 2 is 1.94 bits per heavy atom.